The molecular weight excluding hydrogens is 336 g/mol. The maximum absolute atomic E-state index is 12.8. The number of carbonyl (C=O) groups is 3. The third-order valence-electron chi connectivity index (χ3n) is 4.29. The topological polar surface area (TPSA) is 97.6 Å². The van der Waals surface area contributed by atoms with Crippen LogP contribution in [0.3, 0.4) is 0 Å². The molecular formula is C19H14N2O5. The number of amides is 2. The monoisotopic (exact) mass is 350 g/mol. The highest BCUT2D eigenvalue weighted by atomic mass is 16.6. The summed E-state index contributed by atoms with van der Waals surface area (Å²) < 4.78 is 0. The second-order valence-electron chi connectivity index (χ2n) is 5.86. The molecule has 0 spiro atoms. The molecule has 7 nitrogen and oxygen atoms in total. The summed E-state index contributed by atoms with van der Waals surface area (Å²) >= 11 is 0. The number of fused-ring (bicyclic) bond motifs is 1. The van der Waals surface area contributed by atoms with Gasteiger partial charge in [0.25, 0.3) is 17.5 Å². The number of imide groups is 1. The smallest absolute Gasteiger partial charge is 0.269 e. The average Bonchev–Trinajstić information content (AvgIpc) is 2.88. The van der Waals surface area contributed by atoms with Crippen LogP contribution in [0.15, 0.2) is 60.7 Å². The number of benzene rings is 2. The minimum absolute atomic E-state index is 0.0494. The molecule has 0 bridgehead atoms. The summed E-state index contributed by atoms with van der Waals surface area (Å²) in [7, 11) is 0. The fourth-order valence-electron chi connectivity index (χ4n) is 2.92. The lowest BCUT2D eigenvalue weighted by Gasteiger charge is -2.27. The molecule has 1 aliphatic heterocycles. The van der Waals surface area contributed by atoms with Crippen molar-refractivity contribution in [3.05, 3.63) is 87.5 Å². The first-order chi connectivity index (χ1) is 12.3. The van der Waals surface area contributed by atoms with E-state index < -0.39 is 22.8 Å². The van der Waals surface area contributed by atoms with E-state index in [1.807, 2.05) is 0 Å². The molecule has 0 fully saturated rings. The number of carbonyl (C=O) groups excluding carboxylic acids is 3. The molecule has 7 heteroatoms. The maximum atomic E-state index is 12.8. The summed E-state index contributed by atoms with van der Waals surface area (Å²) in [5.41, 5.74) is 0.809. The Morgan fingerprint density at radius 2 is 1.54 bits per heavy atom. The van der Waals surface area contributed by atoms with Crippen LogP contribution in [-0.4, -0.2) is 27.4 Å². The number of nitro groups is 1. The van der Waals surface area contributed by atoms with E-state index in [4.69, 9.17) is 0 Å². The van der Waals surface area contributed by atoms with E-state index in [-0.39, 0.29) is 28.2 Å². The van der Waals surface area contributed by atoms with Gasteiger partial charge >= 0.3 is 0 Å². The first-order valence-corrected chi connectivity index (χ1v) is 7.74. The normalized spacial score (nSPS) is 14.1. The number of nitro benzene ring substituents is 1. The highest BCUT2D eigenvalue weighted by molar-refractivity contribution is 6.22. The molecule has 130 valence electrons. The molecule has 1 aliphatic rings. The van der Waals surface area contributed by atoms with Crippen molar-refractivity contribution in [2.24, 2.45) is 0 Å². The van der Waals surface area contributed by atoms with E-state index in [9.17, 15) is 24.5 Å². The van der Waals surface area contributed by atoms with Crippen LogP contribution in [-0.2, 0) is 4.79 Å². The van der Waals surface area contributed by atoms with E-state index in [0.29, 0.717) is 5.56 Å². The van der Waals surface area contributed by atoms with Gasteiger partial charge in [0.1, 0.15) is 0 Å². The van der Waals surface area contributed by atoms with E-state index in [2.05, 4.69) is 6.58 Å². The summed E-state index contributed by atoms with van der Waals surface area (Å²) in [4.78, 5) is 48.7. The zero-order chi connectivity index (χ0) is 19.0. The fourth-order valence-corrected chi connectivity index (χ4v) is 2.92. The van der Waals surface area contributed by atoms with Crippen LogP contribution in [0.5, 0.6) is 0 Å². The molecule has 3 rings (SSSR count). The number of hydrogen-bond donors (Lipinski definition) is 0. The van der Waals surface area contributed by atoms with Gasteiger partial charge in [-0.1, -0.05) is 18.7 Å². The first-order valence-electron chi connectivity index (χ1n) is 7.74. The quantitative estimate of drug-likeness (QED) is 0.357. The standard InChI is InChI=1S/C19H14N2O5/c1-11(12(2)22)17(13-7-9-14(10-8-13)21(25)26)20-18(23)15-5-3-4-6-16(15)19(20)24/h3-10,17H,1H2,2H3/t17-/m0/s1. The Morgan fingerprint density at radius 1 is 1.04 bits per heavy atom. The van der Waals surface area contributed by atoms with Gasteiger partial charge in [0.2, 0.25) is 0 Å². The molecule has 0 radical (unpaired) electrons. The Morgan fingerprint density at radius 3 is 1.96 bits per heavy atom. The molecule has 0 aromatic heterocycles. The van der Waals surface area contributed by atoms with Crippen LogP contribution in [0, 0.1) is 10.1 Å². The molecule has 1 atom stereocenters. The summed E-state index contributed by atoms with van der Waals surface area (Å²) in [6.07, 6.45) is 0. The Kier molecular flexibility index (Phi) is 4.21. The van der Waals surface area contributed by atoms with Crippen molar-refractivity contribution >= 4 is 23.3 Å². The fraction of sp³-hybridized carbons (Fsp3) is 0.105. The molecule has 2 aromatic carbocycles. The van der Waals surface area contributed by atoms with Gasteiger partial charge in [0, 0.05) is 17.7 Å². The predicted molar refractivity (Wildman–Crippen MR) is 92.6 cm³/mol. The van der Waals surface area contributed by atoms with Crippen LogP contribution in [0.25, 0.3) is 0 Å². The number of ketones is 1. The second-order valence-corrected chi connectivity index (χ2v) is 5.86. The van der Waals surface area contributed by atoms with E-state index >= 15 is 0 Å². The first kappa shape index (κ1) is 17.2. The SMILES string of the molecule is C=C(C(C)=O)[C@@H](c1ccc([N+](=O)[O-])cc1)N1C(=O)c2ccccc2C1=O. The van der Waals surface area contributed by atoms with Crippen molar-refractivity contribution < 1.29 is 19.3 Å². The lowest BCUT2D eigenvalue weighted by Crippen LogP contribution is -2.36. The van der Waals surface area contributed by atoms with Crippen molar-refractivity contribution in [1.82, 2.24) is 4.90 Å². The van der Waals surface area contributed by atoms with Crippen LogP contribution in [0.1, 0.15) is 39.2 Å². The number of non-ortho nitro benzene ring substituents is 1. The molecule has 2 aromatic rings. The highest BCUT2D eigenvalue weighted by Crippen LogP contribution is 2.36. The number of nitrogens with zero attached hydrogens (tertiary/aromatic N) is 2. The van der Waals surface area contributed by atoms with Gasteiger partial charge in [0.15, 0.2) is 5.78 Å². The summed E-state index contributed by atoms with van der Waals surface area (Å²) in [6, 6.07) is 10.7. The van der Waals surface area contributed by atoms with E-state index in [1.165, 1.54) is 31.2 Å². The third kappa shape index (κ3) is 2.69. The Hall–Kier alpha value is -3.61. The minimum atomic E-state index is -1.03. The van der Waals surface area contributed by atoms with Gasteiger partial charge in [0.05, 0.1) is 22.1 Å². The molecule has 0 saturated carbocycles. The van der Waals surface area contributed by atoms with E-state index in [1.54, 1.807) is 24.3 Å². The highest BCUT2D eigenvalue weighted by Gasteiger charge is 2.42. The third-order valence-corrected chi connectivity index (χ3v) is 4.29. The number of rotatable bonds is 5. The van der Waals surface area contributed by atoms with Crippen LogP contribution in [0.4, 0.5) is 5.69 Å². The van der Waals surface area contributed by atoms with Crippen molar-refractivity contribution in [2.45, 2.75) is 13.0 Å². The van der Waals surface area contributed by atoms with Crippen LogP contribution in [0.2, 0.25) is 0 Å². The molecule has 26 heavy (non-hydrogen) atoms. The zero-order valence-corrected chi connectivity index (χ0v) is 13.8. The summed E-state index contributed by atoms with van der Waals surface area (Å²) in [5, 5.41) is 10.8. The predicted octanol–water partition coefficient (Wildman–Crippen LogP) is 3.08. The Balaban J connectivity index is 2.10. The van der Waals surface area contributed by atoms with E-state index in [0.717, 1.165) is 4.90 Å². The Bertz CT molecular complexity index is 927. The summed E-state index contributed by atoms with van der Waals surface area (Å²) in [6.45, 7) is 5.03. The molecule has 0 N–H and O–H groups in total. The molecule has 1 heterocycles. The minimum Gasteiger partial charge on any atom is -0.295 e. The Labute approximate surface area is 148 Å². The van der Waals surface area contributed by atoms with Crippen molar-refractivity contribution in [2.75, 3.05) is 0 Å². The lowest BCUT2D eigenvalue weighted by atomic mass is 9.95. The summed E-state index contributed by atoms with van der Waals surface area (Å²) in [5.74, 6) is -1.45. The van der Waals surface area contributed by atoms with Crippen LogP contribution >= 0.6 is 0 Å². The van der Waals surface area contributed by atoms with Crippen LogP contribution < -0.4 is 0 Å². The number of Topliss-reactive ketones (excluding diaryl/α,β-unsaturated/α-hetero) is 1. The largest absolute Gasteiger partial charge is 0.295 e. The van der Waals surface area contributed by atoms with Gasteiger partial charge < -0.3 is 0 Å². The lowest BCUT2D eigenvalue weighted by molar-refractivity contribution is -0.384. The second kappa shape index (κ2) is 6.36. The molecule has 2 amide bonds. The van der Waals surface area contributed by atoms with Crippen molar-refractivity contribution in [3.8, 4) is 0 Å². The van der Waals surface area contributed by atoms with Gasteiger partial charge in [-0.25, -0.2) is 0 Å². The molecule has 0 unspecified atom stereocenters. The number of hydrogen-bond acceptors (Lipinski definition) is 5. The van der Waals surface area contributed by atoms with Gasteiger partial charge in [-0.3, -0.25) is 29.4 Å². The molecule has 0 aliphatic carbocycles. The van der Waals surface area contributed by atoms with Gasteiger partial charge in [-0.2, -0.15) is 0 Å². The zero-order valence-electron chi connectivity index (χ0n) is 13.8. The van der Waals surface area contributed by atoms with Crippen molar-refractivity contribution in [1.29, 1.82) is 0 Å². The van der Waals surface area contributed by atoms with Gasteiger partial charge in [-0.05, 0) is 36.8 Å². The van der Waals surface area contributed by atoms with Gasteiger partial charge in [-0.15, -0.1) is 0 Å². The molecule has 0 saturated heterocycles. The average molecular weight is 350 g/mol. The van der Waals surface area contributed by atoms with Crippen molar-refractivity contribution in [3.63, 3.8) is 0 Å². The maximum Gasteiger partial charge on any atom is 0.269 e.